The molecule has 0 aliphatic carbocycles. The first-order valence-electron chi connectivity index (χ1n) is 11.3. The van der Waals surface area contributed by atoms with E-state index in [1.807, 2.05) is 85.7 Å². The summed E-state index contributed by atoms with van der Waals surface area (Å²) in [5.41, 5.74) is 5.06. The molecule has 0 atom stereocenters. The summed E-state index contributed by atoms with van der Waals surface area (Å²) in [7, 11) is 3.85. The van der Waals surface area contributed by atoms with Crippen molar-refractivity contribution >= 4 is 40.6 Å². The van der Waals surface area contributed by atoms with Crippen LogP contribution in [0.25, 0.3) is 16.8 Å². The topological polar surface area (TPSA) is 73.8 Å². The minimum absolute atomic E-state index is 0.0306. The summed E-state index contributed by atoms with van der Waals surface area (Å²) in [6.07, 6.45) is 3.09. The fraction of sp³-hybridized carbons (Fsp3) is 0.0690. The summed E-state index contributed by atoms with van der Waals surface area (Å²) in [6.45, 7) is 0. The van der Waals surface area contributed by atoms with Gasteiger partial charge in [0, 0.05) is 30.9 Å². The molecule has 6 nitrogen and oxygen atoms in total. The third kappa shape index (κ3) is 6.01. The Kier molecular flexibility index (Phi) is 7.51. The Morgan fingerprint density at radius 1 is 0.889 bits per heavy atom. The number of carbonyl (C=O) groups excluding carboxylic acids is 2. The molecule has 0 aliphatic heterocycles. The molecule has 4 aromatic carbocycles. The highest BCUT2D eigenvalue weighted by Gasteiger charge is 2.15. The number of nitrogens with zero attached hydrogens (tertiary/aromatic N) is 2. The highest BCUT2D eigenvalue weighted by atomic mass is 19.1. The molecule has 2 N–H and O–H groups in total. The number of halogens is 1. The normalized spacial score (nSPS) is 11.5. The number of hydrogen-bond donors (Lipinski definition) is 2. The monoisotopic (exact) mass is 480 g/mol. The van der Waals surface area contributed by atoms with Gasteiger partial charge in [0.05, 0.1) is 6.21 Å². The molecule has 4 aromatic rings. The van der Waals surface area contributed by atoms with Crippen molar-refractivity contribution in [1.29, 1.82) is 0 Å². The van der Waals surface area contributed by atoms with Crippen LogP contribution in [0.3, 0.4) is 0 Å². The first-order valence-corrected chi connectivity index (χ1v) is 11.3. The number of hydrazone groups is 1. The lowest BCUT2D eigenvalue weighted by Gasteiger charge is -2.13. The molecule has 36 heavy (non-hydrogen) atoms. The summed E-state index contributed by atoms with van der Waals surface area (Å²) >= 11 is 0. The Bertz CT molecular complexity index is 1450. The maximum absolute atomic E-state index is 13.6. The predicted molar refractivity (Wildman–Crippen MR) is 142 cm³/mol. The molecule has 0 spiro atoms. The van der Waals surface area contributed by atoms with Gasteiger partial charge < -0.3 is 10.2 Å². The summed E-state index contributed by atoms with van der Waals surface area (Å²) in [4.78, 5) is 27.7. The van der Waals surface area contributed by atoms with Crippen molar-refractivity contribution in [3.05, 3.63) is 119 Å². The number of benzene rings is 4. The van der Waals surface area contributed by atoms with Crippen LogP contribution in [0, 0.1) is 5.82 Å². The highest BCUT2D eigenvalue weighted by Crippen LogP contribution is 2.17. The Hall–Kier alpha value is -4.78. The lowest BCUT2D eigenvalue weighted by Crippen LogP contribution is -2.32. The molecule has 2 amide bonds. The minimum Gasteiger partial charge on any atom is -0.378 e. The zero-order valence-electron chi connectivity index (χ0n) is 19.9. The van der Waals surface area contributed by atoms with Crippen LogP contribution in [0.1, 0.15) is 21.5 Å². The van der Waals surface area contributed by atoms with Crippen molar-refractivity contribution in [1.82, 2.24) is 10.7 Å². The SMILES string of the molecule is CN(C)c1ccc(/C=C(\NC(=O)c2cccc(F)c2)C(=O)NN=Cc2cccc3ccccc23)cc1. The van der Waals surface area contributed by atoms with E-state index >= 15 is 0 Å². The van der Waals surface area contributed by atoms with Gasteiger partial charge in [-0.25, -0.2) is 9.82 Å². The van der Waals surface area contributed by atoms with Crippen LogP contribution in [0.2, 0.25) is 0 Å². The average Bonchev–Trinajstić information content (AvgIpc) is 2.88. The summed E-state index contributed by atoms with van der Waals surface area (Å²) < 4.78 is 13.6. The van der Waals surface area contributed by atoms with E-state index in [0.717, 1.165) is 28.1 Å². The van der Waals surface area contributed by atoms with Gasteiger partial charge in [-0.3, -0.25) is 9.59 Å². The smallest absolute Gasteiger partial charge is 0.287 e. The van der Waals surface area contributed by atoms with Crippen LogP contribution in [-0.4, -0.2) is 32.1 Å². The van der Waals surface area contributed by atoms with Gasteiger partial charge in [0.1, 0.15) is 11.5 Å². The lowest BCUT2D eigenvalue weighted by atomic mass is 10.1. The van der Waals surface area contributed by atoms with Crippen molar-refractivity contribution in [2.45, 2.75) is 0 Å². The number of rotatable bonds is 7. The maximum Gasteiger partial charge on any atom is 0.287 e. The van der Waals surface area contributed by atoms with Gasteiger partial charge in [0.15, 0.2) is 0 Å². The van der Waals surface area contributed by atoms with E-state index in [9.17, 15) is 14.0 Å². The summed E-state index contributed by atoms with van der Waals surface area (Å²) in [5.74, 6) is -1.77. The molecule has 0 saturated heterocycles. The molecular formula is C29H25FN4O2. The van der Waals surface area contributed by atoms with Crippen molar-refractivity contribution in [3.8, 4) is 0 Å². The van der Waals surface area contributed by atoms with Crippen LogP contribution < -0.4 is 15.6 Å². The molecule has 0 aromatic heterocycles. The second-order valence-corrected chi connectivity index (χ2v) is 8.28. The molecule has 0 aliphatic rings. The molecular weight excluding hydrogens is 455 g/mol. The van der Waals surface area contributed by atoms with Gasteiger partial charge in [-0.05, 0) is 52.7 Å². The highest BCUT2D eigenvalue weighted by molar-refractivity contribution is 6.06. The standard InChI is InChI=1S/C29H25FN4O2/c1-34(2)25-15-13-20(14-16-25)17-27(32-28(35)22-9-6-11-24(30)18-22)29(36)33-31-19-23-10-5-8-21-7-3-4-12-26(21)23/h3-19H,1-2H3,(H,32,35)(H,33,36)/b27-17-,31-19?. The van der Waals surface area contributed by atoms with Gasteiger partial charge in [0.2, 0.25) is 0 Å². The first-order chi connectivity index (χ1) is 17.4. The van der Waals surface area contributed by atoms with E-state index in [1.165, 1.54) is 18.2 Å². The first kappa shape index (κ1) is 24.3. The molecule has 180 valence electrons. The van der Waals surface area contributed by atoms with Gasteiger partial charge in [-0.15, -0.1) is 0 Å². The van der Waals surface area contributed by atoms with E-state index in [4.69, 9.17) is 0 Å². The number of amides is 2. The van der Waals surface area contributed by atoms with E-state index in [0.29, 0.717) is 5.56 Å². The molecule has 0 heterocycles. The second-order valence-electron chi connectivity index (χ2n) is 8.28. The van der Waals surface area contributed by atoms with Crippen LogP contribution in [0.5, 0.6) is 0 Å². The zero-order chi connectivity index (χ0) is 25.5. The number of hydrogen-bond acceptors (Lipinski definition) is 4. The Morgan fingerprint density at radius 2 is 1.61 bits per heavy atom. The number of fused-ring (bicyclic) bond motifs is 1. The third-order valence-corrected chi connectivity index (χ3v) is 5.49. The fourth-order valence-electron chi connectivity index (χ4n) is 3.60. The zero-order valence-corrected chi connectivity index (χ0v) is 19.9. The average molecular weight is 481 g/mol. The Balaban J connectivity index is 1.58. The van der Waals surface area contributed by atoms with Gasteiger partial charge in [0.25, 0.3) is 11.8 Å². The van der Waals surface area contributed by atoms with Gasteiger partial charge in [-0.1, -0.05) is 60.7 Å². The van der Waals surface area contributed by atoms with E-state index < -0.39 is 17.6 Å². The molecule has 0 unspecified atom stereocenters. The van der Waals surface area contributed by atoms with Gasteiger partial charge in [-0.2, -0.15) is 5.10 Å². The third-order valence-electron chi connectivity index (χ3n) is 5.49. The minimum atomic E-state index is -0.618. The van der Waals surface area contributed by atoms with Crippen molar-refractivity contribution in [2.24, 2.45) is 5.10 Å². The van der Waals surface area contributed by atoms with E-state index in [1.54, 1.807) is 12.3 Å². The maximum atomic E-state index is 13.6. The van der Waals surface area contributed by atoms with Crippen LogP contribution in [0.4, 0.5) is 10.1 Å². The number of carbonyl (C=O) groups is 2. The Labute approximate surface area is 208 Å². The van der Waals surface area contributed by atoms with Crippen LogP contribution in [0.15, 0.2) is 102 Å². The lowest BCUT2D eigenvalue weighted by molar-refractivity contribution is -0.117. The molecule has 4 rings (SSSR count). The largest absolute Gasteiger partial charge is 0.378 e. The molecule has 0 fully saturated rings. The van der Waals surface area contributed by atoms with E-state index in [2.05, 4.69) is 15.8 Å². The fourth-order valence-corrected chi connectivity index (χ4v) is 3.60. The van der Waals surface area contributed by atoms with Crippen LogP contribution >= 0.6 is 0 Å². The number of nitrogens with one attached hydrogen (secondary N) is 2. The van der Waals surface area contributed by atoms with Crippen molar-refractivity contribution in [2.75, 3.05) is 19.0 Å². The summed E-state index contributed by atoms with van der Waals surface area (Å²) in [5, 5.41) is 8.73. The second kappa shape index (κ2) is 11.1. The van der Waals surface area contributed by atoms with Crippen molar-refractivity contribution < 1.29 is 14.0 Å². The molecule has 0 radical (unpaired) electrons. The quantitative estimate of drug-likeness (QED) is 0.223. The van der Waals surface area contributed by atoms with Gasteiger partial charge >= 0.3 is 0 Å². The molecule has 0 saturated carbocycles. The molecule has 0 bridgehead atoms. The molecule has 7 heteroatoms. The summed E-state index contributed by atoms with van der Waals surface area (Å²) in [6, 6.07) is 26.4. The Morgan fingerprint density at radius 3 is 2.36 bits per heavy atom. The van der Waals surface area contributed by atoms with Crippen molar-refractivity contribution in [3.63, 3.8) is 0 Å². The predicted octanol–water partition coefficient (Wildman–Crippen LogP) is 4.97. The van der Waals surface area contributed by atoms with E-state index in [-0.39, 0.29) is 11.3 Å². The van der Waals surface area contributed by atoms with Crippen LogP contribution in [-0.2, 0) is 4.79 Å². The number of anilines is 1.